The largest absolute Gasteiger partial charge is 0.475 e. The van der Waals surface area contributed by atoms with Crippen molar-refractivity contribution in [1.29, 1.82) is 0 Å². The van der Waals surface area contributed by atoms with Crippen molar-refractivity contribution in [2.75, 3.05) is 0 Å². The number of hydrogen-bond donors (Lipinski definition) is 3. The minimum Gasteiger partial charge on any atom is -0.475 e. The van der Waals surface area contributed by atoms with Gasteiger partial charge in [0.25, 0.3) is 0 Å². The molecule has 1 aliphatic carbocycles. The van der Waals surface area contributed by atoms with Gasteiger partial charge in [-0.05, 0) is 6.42 Å². The molecule has 74 valence electrons. The molecule has 14 heavy (non-hydrogen) atoms. The van der Waals surface area contributed by atoms with Gasteiger partial charge in [0, 0.05) is 18.1 Å². The molecule has 1 heterocycles. The lowest BCUT2D eigenvalue weighted by Gasteiger charge is -2.09. The second-order valence-electron chi connectivity index (χ2n) is 3.02. The molecular weight excluding hydrogens is 186 g/mol. The Hall–Kier alpha value is -1.75. The number of furan rings is 1. The highest BCUT2D eigenvalue weighted by molar-refractivity contribution is 5.86. The molecule has 1 aromatic heterocycles. The van der Waals surface area contributed by atoms with Gasteiger partial charge < -0.3 is 9.52 Å². The van der Waals surface area contributed by atoms with E-state index < -0.39 is 5.97 Å². The summed E-state index contributed by atoms with van der Waals surface area (Å²) < 4.78 is 5.11. The normalized spacial score (nSPS) is 14.5. The molecule has 0 saturated carbocycles. The molecule has 2 rings (SSSR count). The SMILES string of the molecule is O=C(O)c1cc2c(o1)CCC=C2NO. The lowest BCUT2D eigenvalue weighted by molar-refractivity contribution is 0.0660. The Bertz CT molecular complexity index is 405. The Morgan fingerprint density at radius 3 is 3.00 bits per heavy atom. The average Bonchev–Trinajstić information content (AvgIpc) is 2.60. The zero-order valence-corrected chi connectivity index (χ0v) is 7.28. The summed E-state index contributed by atoms with van der Waals surface area (Å²) in [5.41, 5.74) is 3.14. The Morgan fingerprint density at radius 1 is 1.57 bits per heavy atom. The minimum atomic E-state index is -1.10. The number of fused-ring (bicyclic) bond motifs is 1. The topological polar surface area (TPSA) is 82.7 Å². The van der Waals surface area contributed by atoms with Gasteiger partial charge in [-0.2, -0.15) is 0 Å². The van der Waals surface area contributed by atoms with E-state index in [1.165, 1.54) is 6.07 Å². The number of aromatic carboxylic acids is 1. The number of hydroxylamine groups is 1. The maximum atomic E-state index is 10.6. The first-order valence-corrected chi connectivity index (χ1v) is 4.19. The Balaban J connectivity index is 2.46. The molecule has 0 amide bonds. The maximum Gasteiger partial charge on any atom is 0.371 e. The van der Waals surface area contributed by atoms with Crippen molar-refractivity contribution >= 4 is 11.7 Å². The second kappa shape index (κ2) is 3.19. The number of carboxylic acid groups (broad SMARTS) is 1. The van der Waals surface area contributed by atoms with Crippen molar-refractivity contribution in [2.45, 2.75) is 12.8 Å². The van der Waals surface area contributed by atoms with Crippen molar-refractivity contribution in [1.82, 2.24) is 5.48 Å². The lowest BCUT2D eigenvalue weighted by Crippen LogP contribution is -2.09. The first kappa shape index (κ1) is 8.83. The van der Waals surface area contributed by atoms with Crippen LogP contribution >= 0.6 is 0 Å². The van der Waals surface area contributed by atoms with Crippen molar-refractivity contribution in [3.63, 3.8) is 0 Å². The van der Waals surface area contributed by atoms with Crippen LogP contribution in [-0.2, 0) is 6.42 Å². The average molecular weight is 195 g/mol. The summed E-state index contributed by atoms with van der Waals surface area (Å²) >= 11 is 0. The second-order valence-corrected chi connectivity index (χ2v) is 3.02. The summed E-state index contributed by atoms with van der Waals surface area (Å²) in [6, 6.07) is 1.41. The Morgan fingerprint density at radius 2 is 2.36 bits per heavy atom. The Labute approximate surface area is 79.6 Å². The van der Waals surface area contributed by atoms with Gasteiger partial charge in [-0.3, -0.25) is 10.7 Å². The fraction of sp³-hybridized carbons (Fsp3) is 0.222. The number of carboxylic acids is 1. The van der Waals surface area contributed by atoms with Crippen molar-refractivity contribution in [2.24, 2.45) is 0 Å². The van der Waals surface area contributed by atoms with Crippen LogP contribution in [0.5, 0.6) is 0 Å². The van der Waals surface area contributed by atoms with Gasteiger partial charge in [-0.1, -0.05) is 6.08 Å². The van der Waals surface area contributed by atoms with E-state index in [0.29, 0.717) is 23.4 Å². The first-order chi connectivity index (χ1) is 6.72. The molecule has 0 fully saturated rings. The van der Waals surface area contributed by atoms with Gasteiger partial charge in [0.1, 0.15) is 5.76 Å². The molecule has 0 spiro atoms. The fourth-order valence-electron chi connectivity index (χ4n) is 1.51. The van der Waals surface area contributed by atoms with Crippen LogP contribution in [0.3, 0.4) is 0 Å². The van der Waals surface area contributed by atoms with Crippen molar-refractivity contribution in [3.05, 3.63) is 29.2 Å². The molecule has 5 heteroatoms. The van der Waals surface area contributed by atoms with Gasteiger partial charge in [0.05, 0.1) is 5.70 Å². The highest BCUT2D eigenvalue weighted by Crippen LogP contribution is 2.27. The van der Waals surface area contributed by atoms with Crippen LogP contribution in [0, 0.1) is 0 Å². The molecule has 1 aliphatic rings. The summed E-state index contributed by atoms with van der Waals surface area (Å²) in [6.07, 6.45) is 3.18. The molecule has 0 bridgehead atoms. The summed E-state index contributed by atoms with van der Waals surface area (Å²) in [7, 11) is 0. The van der Waals surface area contributed by atoms with Crippen LogP contribution in [0.4, 0.5) is 0 Å². The zero-order valence-electron chi connectivity index (χ0n) is 7.28. The number of hydrogen-bond acceptors (Lipinski definition) is 4. The van der Waals surface area contributed by atoms with Crippen LogP contribution in [-0.4, -0.2) is 16.3 Å². The molecule has 5 nitrogen and oxygen atoms in total. The third-order valence-corrected chi connectivity index (χ3v) is 2.15. The van der Waals surface area contributed by atoms with E-state index in [4.69, 9.17) is 14.7 Å². The molecule has 0 unspecified atom stereocenters. The first-order valence-electron chi connectivity index (χ1n) is 4.19. The van der Waals surface area contributed by atoms with Crippen molar-refractivity contribution < 1.29 is 19.5 Å². The molecule has 0 saturated heterocycles. The van der Waals surface area contributed by atoms with E-state index in [-0.39, 0.29) is 5.76 Å². The molecule has 3 N–H and O–H groups in total. The quantitative estimate of drug-likeness (QED) is 0.618. The van der Waals surface area contributed by atoms with Gasteiger partial charge in [-0.25, -0.2) is 4.79 Å². The smallest absolute Gasteiger partial charge is 0.371 e. The highest BCUT2D eigenvalue weighted by Gasteiger charge is 2.20. The maximum absolute atomic E-state index is 10.6. The van der Waals surface area contributed by atoms with Gasteiger partial charge in [0.2, 0.25) is 5.76 Å². The lowest BCUT2D eigenvalue weighted by atomic mass is 10.0. The van der Waals surface area contributed by atoms with E-state index in [9.17, 15) is 4.79 Å². The van der Waals surface area contributed by atoms with Crippen LogP contribution in [0.2, 0.25) is 0 Å². The molecule has 0 aliphatic heterocycles. The summed E-state index contributed by atoms with van der Waals surface area (Å²) in [5.74, 6) is -0.601. The predicted molar refractivity (Wildman–Crippen MR) is 46.9 cm³/mol. The molecular formula is C9H9NO4. The van der Waals surface area contributed by atoms with Crippen LogP contribution in [0.1, 0.15) is 28.3 Å². The molecule has 0 radical (unpaired) electrons. The Kier molecular flexibility index (Phi) is 2.01. The van der Waals surface area contributed by atoms with Crippen LogP contribution in [0.25, 0.3) is 5.70 Å². The number of rotatable bonds is 2. The number of allylic oxidation sites excluding steroid dienone is 1. The summed E-state index contributed by atoms with van der Waals surface area (Å²) in [6.45, 7) is 0. The van der Waals surface area contributed by atoms with Crippen LogP contribution < -0.4 is 5.48 Å². The van der Waals surface area contributed by atoms with Gasteiger partial charge >= 0.3 is 5.97 Å². The standard InChI is InChI=1S/C9H9NO4/c11-9(12)8-4-5-6(10-13)2-1-3-7(5)14-8/h2,4,10,13H,1,3H2,(H,11,12). The summed E-state index contributed by atoms with van der Waals surface area (Å²) in [5, 5.41) is 17.5. The van der Waals surface area contributed by atoms with Gasteiger partial charge in [-0.15, -0.1) is 0 Å². The van der Waals surface area contributed by atoms with Crippen LogP contribution in [0.15, 0.2) is 16.6 Å². The van der Waals surface area contributed by atoms with E-state index in [2.05, 4.69) is 0 Å². The van der Waals surface area contributed by atoms with E-state index in [0.717, 1.165) is 6.42 Å². The van der Waals surface area contributed by atoms with E-state index in [1.54, 1.807) is 6.08 Å². The highest BCUT2D eigenvalue weighted by atomic mass is 16.5. The van der Waals surface area contributed by atoms with E-state index in [1.807, 2.05) is 5.48 Å². The van der Waals surface area contributed by atoms with Crippen molar-refractivity contribution in [3.8, 4) is 0 Å². The number of nitrogens with one attached hydrogen (secondary N) is 1. The third-order valence-electron chi connectivity index (χ3n) is 2.15. The fourth-order valence-corrected chi connectivity index (χ4v) is 1.51. The molecule has 0 aromatic carbocycles. The third kappa shape index (κ3) is 1.27. The number of carbonyl (C=O) groups is 1. The minimum absolute atomic E-state index is 0.0990. The summed E-state index contributed by atoms with van der Waals surface area (Å²) in [4.78, 5) is 10.6. The van der Waals surface area contributed by atoms with Gasteiger partial charge in [0.15, 0.2) is 0 Å². The zero-order chi connectivity index (χ0) is 10.1. The number of aryl methyl sites for hydroxylation is 1. The predicted octanol–water partition coefficient (Wildman–Crippen LogP) is 1.24. The molecule has 0 atom stereocenters. The molecule has 1 aromatic rings. The monoisotopic (exact) mass is 195 g/mol. The van der Waals surface area contributed by atoms with E-state index >= 15 is 0 Å².